The summed E-state index contributed by atoms with van der Waals surface area (Å²) in [6.07, 6.45) is -3.25. The predicted octanol–water partition coefficient (Wildman–Crippen LogP) is 6.75. The first-order valence-electron chi connectivity index (χ1n) is 12.7. The number of para-hydroxylation sites is 2. The normalized spacial score (nSPS) is 11.6. The van der Waals surface area contributed by atoms with Crippen LogP contribution in [0.5, 0.6) is 11.5 Å². The van der Waals surface area contributed by atoms with Crippen LogP contribution < -0.4 is 20.3 Å². The van der Waals surface area contributed by atoms with Crippen LogP contribution in [-0.2, 0) is 11.0 Å². The highest BCUT2D eigenvalue weighted by Crippen LogP contribution is 2.34. The third kappa shape index (κ3) is 6.75. The van der Waals surface area contributed by atoms with E-state index in [0.29, 0.717) is 21.2 Å². The maximum absolute atomic E-state index is 13.5. The molecule has 5 aromatic rings. The second kappa shape index (κ2) is 12.5. The van der Waals surface area contributed by atoms with E-state index in [4.69, 9.17) is 9.47 Å². The summed E-state index contributed by atoms with van der Waals surface area (Å²) in [5, 5.41) is 7.29. The van der Waals surface area contributed by atoms with Gasteiger partial charge in [0.25, 0.3) is 11.5 Å². The fourth-order valence-corrected chi connectivity index (χ4v) is 4.58. The third-order valence-corrected chi connectivity index (χ3v) is 6.90. The topological polar surface area (TPSA) is 94.8 Å². The SMILES string of the molecule is COc1cc(C=Nn2c(-c3cccc(C(F)(F)F)c3)nc3ccccc3c2=O)c(Br)cc1OCC(=O)Nc1ccccc1. The molecule has 0 aliphatic heterocycles. The van der Waals surface area contributed by atoms with Gasteiger partial charge in [-0.15, -0.1) is 0 Å². The zero-order chi connectivity index (χ0) is 30.6. The van der Waals surface area contributed by atoms with E-state index in [9.17, 15) is 22.8 Å². The summed E-state index contributed by atoms with van der Waals surface area (Å²) >= 11 is 3.44. The second-order valence-corrected chi connectivity index (χ2v) is 9.97. The Balaban J connectivity index is 1.48. The van der Waals surface area contributed by atoms with Crippen LogP contribution >= 0.6 is 15.9 Å². The maximum atomic E-state index is 13.5. The van der Waals surface area contributed by atoms with Crippen LogP contribution in [0, 0.1) is 0 Å². The van der Waals surface area contributed by atoms with Crippen LogP contribution in [0.3, 0.4) is 0 Å². The van der Waals surface area contributed by atoms with Gasteiger partial charge in [-0.25, -0.2) is 4.98 Å². The average Bonchev–Trinajstić information content (AvgIpc) is 3.00. The van der Waals surface area contributed by atoms with Crippen molar-refractivity contribution in [3.05, 3.63) is 117 Å². The number of alkyl halides is 3. The first kappa shape index (κ1) is 29.5. The summed E-state index contributed by atoms with van der Waals surface area (Å²) in [6.45, 7) is -0.288. The number of aromatic nitrogens is 2. The minimum absolute atomic E-state index is 0.0593. The Bertz CT molecular complexity index is 1890. The minimum Gasteiger partial charge on any atom is -0.493 e. The monoisotopic (exact) mass is 650 g/mol. The van der Waals surface area contributed by atoms with Gasteiger partial charge in [0.05, 0.1) is 29.8 Å². The van der Waals surface area contributed by atoms with Crippen LogP contribution in [0.25, 0.3) is 22.3 Å². The quantitative estimate of drug-likeness (QED) is 0.187. The van der Waals surface area contributed by atoms with Crippen molar-refractivity contribution >= 4 is 44.6 Å². The summed E-state index contributed by atoms with van der Waals surface area (Å²) in [4.78, 5) is 30.3. The highest BCUT2D eigenvalue weighted by molar-refractivity contribution is 9.10. The fourth-order valence-electron chi connectivity index (χ4n) is 4.16. The van der Waals surface area contributed by atoms with Gasteiger partial charge in [-0.1, -0.05) is 42.5 Å². The molecule has 218 valence electrons. The number of rotatable bonds is 8. The number of amides is 1. The first-order chi connectivity index (χ1) is 20.6. The lowest BCUT2D eigenvalue weighted by Crippen LogP contribution is -2.20. The molecule has 43 heavy (non-hydrogen) atoms. The lowest BCUT2D eigenvalue weighted by molar-refractivity contribution is -0.137. The maximum Gasteiger partial charge on any atom is 0.416 e. The molecule has 5 rings (SSSR count). The van der Waals surface area contributed by atoms with Gasteiger partial charge >= 0.3 is 6.18 Å². The number of nitrogens with one attached hydrogen (secondary N) is 1. The van der Waals surface area contributed by atoms with Gasteiger partial charge in [0, 0.05) is 21.3 Å². The molecule has 0 bridgehead atoms. The number of fused-ring (bicyclic) bond motifs is 1. The van der Waals surface area contributed by atoms with Gasteiger partial charge in [-0.3, -0.25) is 9.59 Å². The molecule has 1 N–H and O–H groups in total. The zero-order valence-electron chi connectivity index (χ0n) is 22.4. The zero-order valence-corrected chi connectivity index (χ0v) is 24.0. The van der Waals surface area contributed by atoms with Crippen molar-refractivity contribution in [1.29, 1.82) is 0 Å². The van der Waals surface area contributed by atoms with E-state index in [1.54, 1.807) is 60.7 Å². The van der Waals surface area contributed by atoms with Crippen molar-refractivity contribution in [2.75, 3.05) is 19.0 Å². The van der Waals surface area contributed by atoms with Gasteiger partial charge < -0.3 is 14.8 Å². The smallest absolute Gasteiger partial charge is 0.416 e. The number of carbonyl (C=O) groups is 1. The van der Waals surface area contributed by atoms with Crippen molar-refractivity contribution in [3.63, 3.8) is 0 Å². The van der Waals surface area contributed by atoms with E-state index < -0.39 is 17.3 Å². The predicted molar refractivity (Wildman–Crippen MR) is 161 cm³/mol. The molecule has 0 spiro atoms. The second-order valence-electron chi connectivity index (χ2n) is 9.12. The van der Waals surface area contributed by atoms with Crippen molar-refractivity contribution < 1.29 is 27.4 Å². The average molecular weight is 651 g/mol. The Hall–Kier alpha value is -4.97. The van der Waals surface area contributed by atoms with Gasteiger partial charge in [-0.2, -0.15) is 22.9 Å². The van der Waals surface area contributed by atoms with E-state index in [1.807, 2.05) is 6.07 Å². The lowest BCUT2D eigenvalue weighted by atomic mass is 10.1. The summed E-state index contributed by atoms with van der Waals surface area (Å²) in [6, 6.07) is 23.1. The Labute approximate surface area is 251 Å². The van der Waals surface area contributed by atoms with Gasteiger partial charge in [0.2, 0.25) is 0 Å². The van der Waals surface area contributed by atoms with E-state index in [-0.39, 0.29) is 40.8 Å². The molecule has 0 aliphatic carbocycles. The molecular weight excluding hydrogens is 629 g/mol. The number of hydrogen-bond acceptors (Lipinski definition) is 6. The van der Waals surface area contributed by atoms with Crippen LogP contribution in [0.4, 0.5) is 18.9 Å². The number of methoxy groups -OCH3 is 1. The number of ether oxygens (including phenoxy) is 2. The number of anilines is 1. The van der Waals surface area contributed by atoms with Crippen LogP contribution in [-0.4, -0.2) is 35.5 Å². The van der Waals surface area contributed by atoms with Crippen molar-refractivity contribution in [1.82, 2.24) is 9.66 Å². The Morgan fingerprint density at radius 1 is 1.00 bits per heavy atom. The molecule has 0 atom stereocenters. The largest absolute Gasteiger partial charge is 0.493 e. The van der Waals surface area contributed by atoms with Crippen molar-refractivity contribution in [3.8, 4) is 22.9 Å². The molecule has 1 amide bonds. The van der Waals surface area contributed by atoms with E-state index in [0.717, 1.165) is 16.8 Å². The molecule has 0 unspecified atom stereocenters. The molecule has 12 heteroatoms. The fraction of sp³-hybridized carbons (Fsp3) is 0.0968. The molecule has 4 aromatic carbocycles. The highest BCUT2D eigenvalue weighted by atomic mass is 79.9. The van der Waals surface area contributed by atoms with E-state index in [2.05, 4.69) is 31.3 Å². The number of carbonyl (C=O) groups excluding carboxylic acids is 1. The standard InChI is InChI=1S/C31H22BrF3N4O4/c1-42-26-15-20(24(32)16-27(26)43-18-28(40)37-22-10-3-2-4-11-22)17-36-39-29(19-8-7-9-21(14-19)31(33,34)35)38-25-13-6-5-12-23(25)30(39)41/h2-17H,18H2,1H3,(H,37,40). The molecule has 0 radical (unpaired) electrons. The van der Waals surface area contributed by atoms with Crippen molar-refractivity contribution in [2.45, 2.75) is 6.18 Å². The molecule has 8 nitrogen and oxygen atoms in total. The van der Waals surface area contributed by atoms with E-state index >= 15 is 0 Å². The molecule has 0 saturated carbocycles. The minimum atomic E-state index is -4.59. The van der Waals surface area contributed by atoms with Gasteiger partial charge in [-0.05, 0) is 64.5 Å². The lowest BCUT2D eigenvalue weighted by Gasteiger charge is -2.13. The number of halogens is 4. The molecule has 0 saturated heterocycles. The van der Waals surface area contributed by atoms with Gasteiger partial charge in [0.1, 0.15) is 0 Å². The highest BCUT2D eigenvalue weighted by Gasteiger charge is 2.31. The van der Waals surface area contributed by atoms with Crippen LogP contribution in [0.2, 0.25) is 0 Å². The first-order valence-corrected chi connectivity index (χ1v) is 13.5. The molecular formula is C31H22BrF3N4O4. The molecule has 1 heterocycles. The van der Waals surface area contributed by atoms with Crippen LogP contribution in [0.1, 0.15) is 11.1 Å². The Kier molecular flexibility index (Phi) is 8.58. The summed E-state index contributed by atoms with van der Waals surface area (Å²) < 4.78 is 52.9. The molecule has 0 aliphatic rings. The molecule has 1 aromatic heterocycles. The Morgan fingerprint density at radius 3 is 2.49 bits per heavy atom. The van der Waals surface area contributed by atoms with Gasteiger partial charge in [0.15, 0.2) is 23.9 Å². The third-order valence-electron chi connectivity index (χ3n) is 6.21. The summed E-state index contributed by atoms with van der Waals surface area (Å²) in [5.74, 6) is 0.0991. The molecule has 0 fully saturated rings. The summed E-state index contributed by atoms with van der Waals surface area (Å²) in [5.41, 5.74) is -0.00655. The number of benzene rings is 4. The van der Waals surface area contributed by atoms with E-state index in [1.165, 1.54) is 25.5 Å². The van der Waals surface area contributed by atoms with Crippen molar-refractivity contribution in [2.24, 2.45) is 5.10 Å². The number of hydrogen-bond donors (Lipinski definition) is 1. The van der Waals surface area contributed by atoms with Crippen LogP contribution in [0.15, 0.2) is 105 Å². The summed E-state index contributed by atoms with van der Waals surface area (Å²) in [7, 11) is 1.42. The number of nitrogens with zero attached hydrogens (tertiary/aromatic N) is 3. The Morgan fingerprint density at radius 2 is 1.74 bits per heavy atom.